The zero-order valence-electron chi connectivity index (χ0n) is 10.6. The SMILES string of the molecule is CCOC(CN)CC(=O)Nc1c(C)ccnc1Cl. The number of pyridine rings is 1. The number of carbonyl (C=O) groups excluding carboxylic acids is 1. The molecule has 0 aliphatic heterocycles. The lowest BCUT2D eigenvalue weighted by atomic mass is 10.2. The van der Waals surface area contributed by atoms with Gasteiger partial charge in [0.25, 0.3) is 0 Å². The molecule has 0 fully saturated rings. The molecule has 0 aliphatic rings. The summed E-state index contributed by atoms with van der Waals surface area (Å²) in [6, 6.07) is 1.78. The van der Waals surface area contributed by atoms with Crippen molar-refractivity contribution in [1.82, 2.24) is 4.98 Å². The fourth-order valence-electron chi connectivity index (χ4n) is 1.52. The summed E-state index contributed by atoms with van der Waals surface area (Å²) in [7, 11) is 0. The highest BCUT2D eigenvalue weighted by Crippen LogP contribution is 2.22. The van der Waals surface area contributed by atoms with Gasteiger partial charge in [-0.3, -0.25) is 4.79 Å². The summed E-state index contributed by atoms with van der Waals surface area (Å²) >= 11 is 5.92. The lowest BCUT2D eigenvalue weighted by Gasteiger charge is -2.15. The highest BCUT2D eigenvalue weighted by Gasteiger charge is 2.14. The van der Waals surface area contributed by atoms with Gasteiger partial charge in [-0.2, -0.15) is 0 Å². The van der Waals surface area contributed by atoms with Crippen molar-refractivity contribution in [2.24, 2.45) is 5.73 Å². The molecule has 0 aromatic carbocycles. The lowest BCUT2D eigenvalue weighted by molar-refractivity contribution is -0.118. The van der Waals surface area contributed by atoms with Crippen molar-refractivity contribution in [3.63, 3.8) is 0 Å². The molecule has 0 saturated heterocycles. The van der Waals surface area contributed by atoms with Gasteiger partial charge in [-0.25, -0.2) is 4.98 Å². The molecule has 1 rings (SSSR count). The molecular weight excluding hydrogens is 254 g/mol. The van der Waals surface area contributed by atoms with Gasteiger partial charge < -0.3 is 15.8 Å². The van der Waals surface area contributed by atoms with Crippen LogP contribution in [0.1, 0.15) is 18.9 Å². The molecule has 1 unspecified atom stereocenters. The minimum Gasteiger partial charge on any atom is -0.377 e. The van der Waals surface area contributed by atoms with Crippen LogP contribution in [-0.4, -0.2) is 30.1 Å². The first-order valence-corrected chi connectivity index (χ1v) is 6.18. The number of nitrogens with two attached hydrogens (primary N) is 1. The molecule has 6 heteroatoms. The third-order valence-electron chi connectivity index (χ3n) is 2.46. The smallest absolute Gasteiger partial charge is 0.227 e. The summed E-state index contributed by atoms with van der Waals surface area (Å²) in [5, 5.41) is 3.01. The van der Waals surface area contributed by atoms with Crippen molar-refractivity contribution in [2.75, 3.05) is 18.5 Å². The monoisotopic (exact) mass is 271 g/mol. The van der Waals surface area contributed by atoms with Gasteiger partial charge in [0.05, 0.1) is 18.2 Å². The van der Waals surface area contributed by atoms with Crippen LogP contribution in [0.3, 0.4) is 0 Å². The Bertz CT molecular complexity index is 392. The van der Waals surface area contributed by atoms with E-state index in [9.17, 15) is 4.79 Å². The number of halogens is 1. The molecule has 5 nitrogen and oxygen atoms in total. The number of nitrogens with one attached hydrogen (secondary N) is 1. The summed E-state index contributed by atoms with van der Waals surface area (Å²) in [6.07, 6.45) is 1.52. The largest absolute Gasteiger partial charge is 0.377 e. The van der Waals surface area contributed by atoms with E-state index in [0.717, 1.165) is 5.56 Å². The highest BCUT2D eigenvalue weighted by molar-refractivity contribution is 6.32. The van der Waals surface area contributed by atoms with Gasteiger partial charge in [0.15, 0.2) is 5.15 Å². The second-order valence-electron chi connectivity index (χ2n) is 3.86. The topological polar surface area (TPSA) is 77.2 Å². The van der Waals surface area contributed by atoms with Gasteiger partial charge in [0, 0.05) is 19.3 Å². The Morgan fingerprint density at radius 3 is 2.94 bits per heavy atom. The molecule has 0 bridgehead atoms. The Balaban J connectivity index is 2.64. The van der Waals surface area contributed by atoms with Gasteiger partial charge >= 0.3 is 0 Å². The zero-order valence-corrected chi connectivity index (χ0v) is 11.3. The number of hydrogen-bond acceptors (Lipinski definition) is 4. The van der Waals surface area contributed by atoms with Gasteiger partial charge in [-0.05, 0) is 25.5 Å². The number of anilines is 1. The van der Waals surface area contributed by atoms with Crippen LogP contribution >= 0.6 is 11.6 Å². The fourth-order valence-corrected chi connectivity index (χ4v) is 1.77. The molecule has 1 atom stereocenters. The van der Waals surface area contributed by atoms with E-state index >= 15 is 0 Å². The lowest BCUT2D eigenvalue weighted by Crippen LogP contribution is -2.29. The molecule has 18 heavy (non-hydrogen) atoms. The van der Waals surface area contributed by atoms with Crippen molar-refractivity contribution in [1.29, 1.82) is 0 Å². The normalized spacial score (nSPS) is 12.2. The molecule has 0 radical (unpaired) electrons. The van der Waals surface area contributed by atoms with Crippen LogP contribution in [0, 0.1) is 6.92 Å². The summed E-state index contributed by atoms with van der Waals surface area (Å²) in [6.45, 7) is 4.55. The van der Waals surface area contributed by atoms with E-state index in [4.69, 9.17) is 22.1 Å². The van der Waals surface area contributed by atoms with E-state index in [2.05, 4.69) is 10.3 Å². The first-order chi connectivity index (χ1) is 8.58. The molecular formula is C12H18ClN3O2. The maximum atomic E-state index is 11.8. The van der Waals surface area contributed by atoms with E-state index in [-0.39, 0.29) is 23.6 Å². The number of rotatable bonds is 6. The van der Waals surface area contributed by atoms with Crippen molar-refractivity contribution in [3.8, 4) is 0 Å². The fraction of sp³-hybridized carbons (Fsp3) is 0.500. The Morgan fingerprint density at radius 1 is 1.67 bits per heavy atom. The van der Waals surface area contributed by atoms with Gasteiger partial charge in [-0.15, -0.1) is 0 Å². The van der Waals surface area contributed by atoms with Crippen LogP contribution in [0.15, 0.2) is 12.3 Å². The number of carbonyl (C=O) groups is 1. The first kappa shape index (κ1) is 14.9. The van der Waals surface area contributed by atoms with E-state index in [1.807, 2.05) is 13.8 Å². The van der Waals surface area contributed by atoms with Gasteiger partial charge in [0.1, 0.15) is 0 Å². The second-order valence-corrected chi connectivity index (χ2v) is 4.22. The van der Waals surface area contributed by atoms with Gasteiger partial charge in [-0.1, -0.05) is 11.6 Å². The minimum absolute atomic E-state index is 0.183. The molecule has 1 heterocycles. The predicted molar refractivity (Wildman–Crippen MR) is 71.7 cm³/mol. The van der Waals surface area contributed by atoms with Gasteiger partial charge in [0.2, 0.25) is 5.91 Å². The third kappa shape index (κ3) is 4.25. The summed E-state index contributed by atoms with van der Waals surface area (Å²) in [5.41, 5.74) is 6.92. The summed E-state index contributed by atoms with van der Waals surface area (Å²) in [4.78, 5) is 15.8. The van der Waals surface area contributed by atoms with Crippen LogP contribution in [0.2, 0.25) is 5.15 Å². The average molecular weight is 272 g/mol. The number of aromatic nitrogens is 1. The van der Waals surface area contributed by atoms with Crippen LogP contribution in [0.25, 0.3) is 0 Å². The quantitative estimate of drug-likeness (QED) is 0.773. The zero-order chi connectivity index (χ0) is 13.5. The molecule has 1 aromatic heterocycles. The molecule has 100 valence electrons. The molecule has 0 spiro atoms. The molecule has 1 aromatic rings. The maximum absolute atomic E-state index is 11.8. The second kappa shape index (κ2) is 7.31. The number of nitrogens with zero attached hydrogens (tertiary/aromatic N) is 1. The van der Waals surface area contributed by atoms with E-state index in [1.165, 1.54) is 0 Å². The first-order valence-electron chi connectivity index (χ1n) is 5.81. The number of amides is 1. The van der Waals surface area contributed by atoms with Crippen molar-refractivity contribution in [2.45, 2.75) is 26.4 Å². The van der Waals surface area contributed by atoms with E-state index in [1.54, 1.807) is 12.3 Å². The number of aryl methyl sites for hydroxylation is 1. The summed E-state index contributed by atoms with van der Waals surface area (Å²) in [5.74, 6) is -0.183. The molecule has 0 saturated carbocycles. The Hall–Kier alpha value is -1.17. The Labute approximate surface area is 112 Å². The van der Waals surface area contributed by atoms with Crippen LogP contribution in [0.4, 0.5) is 5.69 Å². The Kier molecular flexibility index (Phi) is 6.04. The predicted octanol–water partition coefficient (Wildman–Crippen LogP) is 1.74. The number of ether oxygens (including phenoxy) is 1. The third-order valence-corrected chi connectivity index (χ3v) is 2.74. The maximum Gasteiger partial charge on any atom is 0.227 e. The molecule has 0 aliphatic carbocycles. The van der Waals surface area contributed by atoms with Crippen LogP contribution in [0.5, 0.6) is 0 Å². The highest BCUT2D eigenvalue weighted by atomic mass is 35.5. The van der Waals surface area contributed by atoms with E-state index < -0.39 is 0 Å². The average Bonchev–Trinajstić information content (AvgIpc) is 2.33. The molecule has 1 amide bonds. The molecule has 3 N–H and O–H groups in total. The van der Waals surface area contributed by atoms with Crippen molar-refractivity contribution in [3.05, 3.63) is 23.0 Å². The number of hydrogen-bond donors (Lipinski definition) is 2. The van der Waals surface area contributed by atoms with Crippen LogP contribution < -0.4 is 11.1 Å². The summed E-state index contributed by atoms with van der Waals surface area (Å²) < 4.78 is 5.33. The van der Waals surface area contributed by atoms with Crippen molar-refractivity contribution < 1.29 is 9.53 Å². The Morgan fingerprint density at radius 2 is 2.39 bits per heavy atom. The standard InChI is InChI=1S/C12H18ClN3O2/c1-3-18-9(7-14)6-10(17)16-11-8(2)4-5-15-12(11)13/h4-5,9H,3,6-7,14H2,1-2H3,(H,16,17). The van der Waals surface area contributed by atoms with Crippen molar-refractivity contribution >= 4 is 23.2 Å². The van der Waals surface area contributed by atoms with Crippen LogP contribution in [-0.2, 0) is 9.53 Å². The minimum atomic E-state index is -0.272. The van der Waals surface area contributed by atoms with E-state index in [0.29, 0.717) is 18.8 Å².